The topological polar surface area (TPSA) is 77.1 Å². The summed E-state index contributed by atoms with van der Waals surface area (Å²) in [5, 5.41) is 3.12. The molecule has 2 aromatic carbocycles. The molecule has 7 heteroatoms. The minimum absolute atomic E-state index is 0.0707. The largest absolute Gasteiger partial charge is 0.497 e. The molecule has 0 spiro atoms. The van der Waals surface area contributed by atoms with Gasteiger partial charge in [-0.05, 0) is 43.3 Å². The van der Waals surface area contributed by atoms with E-state index in [4.69, 9.17) is 14.2 Å². The summed E-state index contributed by atoms with van der Waals surface area (Å²) in [7, 11) is 3.02. The van der Waals surface area contributed by atoms with Crippen LogP contribution in [0, 0.1) is 0 Å². The monoisotopic (exact) mass is 370 g/mol. The van der Waals surface area contributed by atoms with Gasteiger partial charge in [0.1, 0.15) is 23.3 Å². The van der Waals surface area contributed by atoms with E-state index in [0.717, 1.165) is 16.3 Å². The third-order valence-electron chi connectivity index (χ3n) is 4.28. The number of methoxy groups -OCH3 is 2. The van der Waals surface area contributed by atoms with Gasteiger partial charge in [0.25, 0.3) is 5.91 Å². The van der Waals surface area contributed by atoms with E-state index in [9.17, 15) is 9.59 Å². The molecule has 1 atom stereocenters. The van der Waals surface area contributed by atoms with Gasteiger partial charge in [0, 0.05) is 11.8 Å². The Bertz CT molecular complexity index is 835. The van der Waals surface area contributed by atoms with Crippen molar-refractivity contribution in [2.45, 2.75) is 19.4 Å². The number of ether oxygens (including phenoxy) is 3. The third-order valence-corrected chi connectivity index (χ3v) is 4.28. The van der Waals surface area contributed by atoms with Crippen LogP contribution in [0.1, 0.15) is 13.3 Å². The van der Waals surface area contributed by atoms with Crippen LogP contribution in [0.2, 0.25) is 0 Å². The van der Waals surface area contributed by atoms with Crippen LogP contribution < -0.4 is 24.4 Å². The van der Waals surface area contributed by atoms with Crippen LogP contribution in [-0.4, -0.2) is 38.7 Å². The van der Waals surface area contributed by atoms with Crippen molar-refractivity contribution >= 4 is 23.2 Å². The SMILES string of the molecule is CCOc1ccc(N[C@H]2CC(=O)N(c3ccc(OC)cc3OC)C2=O)cc1. The number of carbonyl (C=O) groups is 2. The van der Waals surface area contributed by atoms with Crippen LogP contribution >= 0.6 is 0 Å². The van der Waals surface area contributed by atoms with Gasteiger partial charge in [-0.2, -0.15) is 0 Å². The summed E-state index contributed by atoms with van der Waals surface area (Å²) in [6.07, 6.45) is 0.0707. The molecule has 27 heavy (non-hydrogen) atoms. The molecule has 7 nitrogen and oxygen atoms in total. The van der Waals surface area contributed by atoms with Crippen molar-refractivity contribution in [1.29, 1.82) is 0 Å². The van der Waals surface area contributed by atoms with E-state index in [1.54, 1.807) is 18.2 Å². The molecule has 2 amide bonds. The van der Waals surface area contributed by atoms with Crippen molar-refractivity contribution in [3.63, 3.8) is 0 Å². The Morgan fingerprint density at radius 3 is 2.37 bits per heavy atom. The molecule has 0 aromatic heterocycles. The molecule has 2 aromatic rings. The second kappa shape index (κ2) is 7.99. The number of carbonyl (C=O) groups excluding carboxylic acids is 2. The quantitative estimate of drug-likeness (QED) is 0.755. The summed E-state index contributed by atoms with van der Waals surface area (Å²) in [6.45, 7) is 2.50. The van der Waals surface area contributed by atoms with Crippen molar-refractivity contribution in [3.8, 4) is 17.2 Å². The highest BCUT2D eigenvalue weighted by molar-refractivity contribution is 6.23. The Kier molecular flexibility index (Phi) is 5.49. The second-order valence-electron chi connectivity index (χ2n) is 5.96. The number of benzene rings is 2. The van der Waals surface area contributed by atoms with E-state index in [2.05, 4.69) is 5.32 Å². The molecule has 1 heterocycles. The van der Waals surface area contributed by atoms with Crippen molar-refractivity contribution in [3.05, 3.63) is 42.5 Å². The van der Waals surface area contributed by atoms with E-state index in [0.29, 0.717) is 23.8 Å². The lowest BCUT2D eigenvalue weighted by atomic mass is 10.2. The number of imide groups is 1. The minimum atomic E-state index is -0.637. The fraction of sp³-hybridized carbons (Fsp3) is 0.300. The molecule has 0 bridgehead atoms. The molecular formula is C20H22N2O5. The van der Waals surface area contributed by atoms with E-state index in [1.165, 1.54) is 14.2 Å². The van der Waals surface area contributed by atoms with Crippen LogP contribution in [-0.2, 0) is 9.59 Å². The number of hydrogen-bond donors (Lipinski definition) is 1. The van der Waals surface area contributed by atoms with Crippen LogP contribution in [0.25, 0.3) is 0 Å². The van der Waals surface area contributed by atoms with E-state index >= 15 is 0 Å². The molecule has 0 aliphatic carbocycles. The average molecular weight is 370 g/mol. The Labute approximate surface area is 157 Å². The number of amides is 2. The fourth-order valence-electron chi connectivity index (χ4n) is 2.98. The maximum atomic E-state index is 12.8. The fourth-order valence-corrected chi connectivity index (χ4v) is 2.98. The van der Waals surface area contributed by atoms with E-state index in [-0.39, 0.29) is 18.2 Å². The summed E-state index contributed by atoms with van der Waals surface area (Å²) >= 11 is 0. The second-order valence-corrected chi connectivity index (χ2v) is 5.96. The lowest BCUT2D eigenvalue weighted by molar-refractivity contribution is -0.121. The van der Waals surface area contributed by atoms with Crippen LogP contribution in [0.5, 0.6) is 17.2 Å². The Hall–Kier alpha value is -3.22. The van der Waals surface area contributed by atoms with Gasteiger partial charge in [-0.3, -0.25) is 9.59 Å². The van der Waals surface area contributed by atoms with E-state index < -0.39 is 6.04 Å². The van der Waals surface area contributed by atoms with Gasteiger partial charge in [0.15, 0.2) is 0 Å². The summed E-state index contributed by atoms with van der Waals surface area (Å²) < 4.78 is 15.9. The van der Waals surface area contributed by atoms with Gasteiger partial charge in [-0.25, -0.2) is 4.90 Å². The highest BCUT2D eigenvalue weighted by Gasteiger charge is 2.40. The Morgan fingerprint density at radius 2 is 1.74 bits per heavy atom. The first-order chi connectivity index (χ1) is 13.1. The molecule has 3 rings (SSSR count). The number of rotatable bonds is 7. The highest BCUT2D eigenvalue weighted by atomic mass is 16.5. The van der Waals surface area contributed by atoms with Crippen molar-refractivity contribution < 1.29 is 23.8 Å². The van der Waals surface area contributed by atoms with Crippen LogP contribution in [0.4, 0.5) is 11.4 Å². The van der Waals surface area contributed by atoms with Gasteiger partial charge < -0.3 is 19.5 Å². The number of anilines is 2. The predicted octanol–water partition coefficient (Wildman–Crippen LogP) is 2.85. The molecule has 0 saturated carbocycles. The molecule has 1 saturated heterocycles. The summed E-state index contributed by atoms with van der Waals surface area (Å²) in [4.78, 5) is 26.5. The zero-order valence-electron chi connectivity index (χ0n) is 15.5. The smallest absolute Gasteiger partial charge is 0.256 e. The van der Waals surface area contributed by atoms with Gasteiger partial charge in [0.05, 0.1) is 32.9 Å². The summed E-state index contributed by atoms with van der Waals surface area (Å²) in [5.41, 5.74) is 1.15. The third kappa shape index (κ3) is 3.81. The molecule has 142 valence electrons. The van der Waals surface area contributed by atoms with Gasteiger partial charge >= 0.3 is 0 Å². The number of nitrogens with one attached hydrogen (secondary N) is 1. The maximum Gasteiger partial charge on any atom is 0.256 e. The summed E-state index contributed by atoms with van der Waals surface area (Å²) in [5.74, 6) is 1.13. The maximum absolute atomic E-state index is 12.8. The minimum Gasteiger partial charge on any atom is -0.497 e. The van der Waals surface area contributed by atoms with Crippen LogP contribution in [0.3, 0.4) is 0 Å². The first-order valence-corrected chi connectivity index (χ1v) is 8.65. The molecule has 1 aliphatic heterocycles. The molecule has 0 unspecified atom stereocenters. The molecule has 1 aliphatic rings. The van der Waals surface area contributed by atoms with Gasteiger partial charge in [0.2, 0.25) is 5.91 Å². The molecule has 0 radical (unpaired) electrons. The van der Waals surface area contributed by atoms with E-state index in [1.807, 2.05) is 31.2 Å². The highest BCUT2D eigenvalue weighted by Crippen LogP contribution is 2.35. The lowest BCUT2D eigenvalue weighted by Crippen LogP contribution is -2.35. The molecule has 1 N–H and O–H groups in total. The average Bonchev–Trinajstić information content (AvgIpc) is 2.96. The predicted molar refractivity (Wildman–Crippen MR) is 102 cm³/mol. The molecular weight excluding hydrogens is 348 g/mol. The van der Waals surface area contributed by atoms with Crippen molar-refractivity contribution in [2.75, 3.05) is 31.0 Å². The Morgan fingerprint density at radius 1 is 1.04 bits per heavy atom. The standard InChI is InChI=1S/C20H22N2O5/c1-4-27-14-7-5-13(6-8-14)21-16-12-19(23)22(20(16)24)17-10-9-15(25-2)11-18(17)26-3/h5-11,16,21H,4,12H2,1-3H3/t16-/m0/s1. The zero-order chi connectivity index (χ0) is 19.4. The first-order valence-electron chi connectivity index (χ1n) is 8.65. The van der Waals surface area contributed by atoms with Crippen LogP contribution in [0.15, 0.2) is 42.5 Å². The normalized spacial score (nSPS) is 16.4. The van der Waals surface area contributed by atoms with Crippen molar-refractivity contribution in [1.82, 2.24) is 0 Å². The number of nitrogens with zero attached hydrogens (tertiary/aromatic N) is 1. The number of hydrogen-bond acceptors (Lipinski definition) is 6. The van der Waals surface area contributed by atoms with Crippen molar-refractivity contribution in [2.24, 2.45) is 0 Å². The summed E-state index contributed by atoms with van der Waals surface area (Å²) in [6, 6.07) is 11.6. The first kappa shape index (κ1) is 18.6. The molecule has 1 fully saturated rings. The lowest BCUT2D eigenvalue weighted by Gasteiger charge is -2.19. The zero-order valence-corrected chi connectivity index (χ0v) is 15.5. The van der Waals surface area contributed by atoms with Gasteiger partial charge in [-0.1, -0.05) is 0 Å². The van der Waals surface area contributed by atoms with Gasteiger partial charge in [-0.15, -0.1) is 0 Å². The Balaban J connectivity index is 1.79.